The Morgan fingerprint density at radius 3 is 2.16 bits per heavy atom. The van der Waals surface area contributed by atoms with E-state index in [0.29, 0.717) is 13.2 Å². The highest BCUT2D eigenvalue weighted by atomic mass is 79.9. The molecule has 0 unspecified atom stereocenters. The summed E-state index contributed by atoms with van der Waals surface area (Å²) in [4.78, 5) is 0. The average Bonchev–Trinajstić information content (AvgIpc) is 2.74. The number of rotatable bonds is 3. The highest BCUT2D eigenvalue weighted by molar-refractivity contribution is 5.17. The van der Waals surface area contributed by atoms with Gasteiger partial charge in [0.2, 0.25) is 0 Å². The van der Waals surface area contributed by atoms with Gasteiger partial charge in [0.25, 0.3) is 0 Å². The molecule has 0 atom stereocenters. The monoisotopic (exact) mass is 329 g/mol. The molecule has 2 rings (SSSR count). The minimum atomic E-state index is -0.393. The van der Waals surface area contributed by atoms with E-state index in [0.717, 1.165) is 13.0 Å². The second-order valence-electron chi connectivity index (χ2n) is 6.16. The van der Waals surface area contributed by atoms with Crippen LogP contribution in [0, 0.1) is 0 Å². The van der Waals surface area contributed by atoms with Crippen LogP contribution in [0.5, 0.6) is 0 Å². The lowest BCUT2D eigenvalue weighted by Gasteiger charge is -2.20. The molecule has 1 aliphatic heterocycles. The minimum absolute atomic E-state index is 0. The standard InChI is InChI=1S/C15H24NO2.BrH/c1-14(2,3)13-5-8-16(9-6-13)10-7-15(4)17-11-12-18-15;/h5-6,8-9H,7,10-12H2,1-4H3;1H/q+1;/p-1. The fourth-order valence-corrected chi connectivity index (χ4v) is 2.14. The Hall–Kier alpha value is -0.450. The SMILES string of the molecule is CC1(CC[n+]2ccc(C(C)(C)C)cc2)OCCO1.[Br-]. The van der Waals surface area contributed by atoms with Crippen molar-refractivity contribution < 1.29 is 31.0 Å². The summed E-state index contributed by atoms with van der Waals surface area (Å²) >= 11 is 0. The highest BCUT2D eigenvalue weighted by Crippen LogP contribution is 2.23. The van der Waals surface area contributed by atoms with Gasteiger partial charge in [0, 0.05) is 12.1 Å². The van der Waals surface area contributed by atoms with Gasteiger partial charge in [-0.25, -0.2) is 4.57 Å². The molecule has 0 aromatic carbocycles. The molecule has 4 heteroatoms. The fourth-order valence-electron chi connectivity index (χ4n) is 2.14. The molecular formula is C15H24BrNO2. The number of nitrogens with zero attached hydrogens (tertiary/aromatic N) is 1. The second-order valence-corrected chi connectivity index (χ2v) is 6.16. The van der Waals surface area contributed by atoms with E-state index in [9.17, 15) is 0 Å². The maximum Gasteiger partial charge on any atom is 0.171 e. The third-order valence-corrected chi connectivity index (χ3v) is 3.48. The van der Waals surface area contributed by atoms with E-state index in [2.05, 4.69) is 49.9 Å². The van der Waals surface area contributed by atoms with Crippen molar-refractivity contribution in [3.05, 3.63) is 30.1 Å². The number of hydrogen-bond acceptors (Lipinski definition) is 2. The Morgan fingerprint density at radius 1 is 1.16 bits per heavy atom. The lowest BCUT2D eigenvalue weighted by molar-refractivity contribution is -0.700. The van der Waals surface area contributed by atoms with Gasteiger partial charge < -0.3 is 26.5 Å². The van der Waals surface area contributed by atoms with E-state index in [-0.39, 0.29) is 22.4 Å². The molecule has 0 N–H and O–H groups in total. The van der Waals surface area contributed by atoms with Crippen molar-refractivity contribution >= 4 is 0 Å². The minimum Gasteiger partial charge on any atom is -1.00 e. The van der Waals surface area contributed by atoms with E-state index in [1.165, 1.54) is 5.56 Å². The van der Waals surface area contributed by atoms with Crippen molar-refractivity contribution in [2.75, 3.05) is 13.2 Å². The van der Waals surface area contributed by atoms with Crippen LogP contribution in [0.3, 0.4) is 0 Å². The summed E-state index contributed by atoms with van der Waals surface area (Å²) in [6.07, 6.45) is 5.16. The first kappa shape index (κ1) is 16.6. The van der Waals surface area contributed by atoms with Crippen LogP contribution in [0.15, 0.2) is 24.5 Å². The van der Waals surface area contributed by atoms with Crippen LogP contribution < -0.4 is 21.5 Å². The van der Waals surface area contributed by atoms with Gasteiger partial charge in [0.1, 0.15) is 0 Å². The molecule has 0 spiro atoms. The van der Waals surface area contributed by atoms with Gasteiger partial charge in [0.05, 0.1) is 19.6 Å². The van der Waals surface area contributed by atoms with E-state index in [1.807, 2.05) is 6.92 Å². The fraction of sp³-hybridized carbons (Fsp3) is 0.667. The zero-order valence-electron chi connectivity index (χ0n) is 12.3. The molecule has 0 amide bonds. The van der Waals surface area contributed by atoms with Gasteiger partial charge >= 0.3 is 0 Å². The summed E-state index contributed by atoms with van der Waals surface area (Å²) < 4.78 is 13.4. The molecule has 0 saturated carbocycles. The number of aryl methyl sites for hydroxylation is 1. The van der Waals surface area contributed by atoms with Crippen LogP contribution in [-0.2, 0) is 21.4 Å². The molecule has 0 aliphatic carbocycles. The van der Waals surface area contributed by atoms with E-state index in [1.54, 1.807) is 0 Å². The Bertz CT molecular complexity index is 392. The molecule has 108 valence electrons. The van der Waals surface area contributed by atoms with Crippen molar-refractivity contribution in [1.82, 2.24) is 0 Å². The molecule has 1 aromatic rings. The van der Waals surface area contributed by atoms with Gasteiger partial charge in [-0.05, 0) is 17.9 Å². The largest absolute Gasteiger partial charge is 1.00 e. The lowest BCUT2D eigenvalue weighted by Crippen LogP contribution is -3.00. The summed E-state index contributed by atoms with van der Waals surface area (Å²) in [7, 11) is 0. The smallest absolute Gasteiger partial charge is 0.171 e. The van der Waals surface area contributed by atoms with Crippen LogP contribution in [0.1, 0.15) is 39.7 Å². The summed E-state index contributed by atoms with van der Waals surface area (Å²) in [5.74, 6) is -0.393. The first-order valence-electron chi connectivity index (χ1n) is 6.67. The Labute approximate surface area is 126 Å². The molecule has 1 fully saturated rings. The predicted molar refractivity (Wildman–Crippen MR) is 70.3 cm³/mol. The van der Waals surface area contributed by atoms with Gasteiger partial charge in [-0.3, -0.25) is 0 Å². The van der Waals surface area contributed by atoms with Crippen LogP contribution in [-0.4, -0.2) is 19.0 Å². The number of pyridine rings is 1. The zero-order valence-corrected chi connectivity index (χ0v) is 13.9. The molecular weight excluding hydrogens is 306 g/mol. The van der Waals surface area contributed by atoms with Crippen LogP contribution in [0.2, 0.25) is 0 Å². The van der Waals surface area contributed by atoms with Gasteiger partial charge in [0.15, 0.2) is 24.7 Å². The number of hydrogen-bond donors (Lipinski definition) is 0. The maximum atomic E-state index is 5.60. The van der Waals surface area contributed by atoms with Crippen LogP contribution in [0.4, 0.5) is 0 Å². The van der Waals surface area contributed by atoms with Crippen molar-refractivity contribution in [2.24, 2.45) is 0 Å². The van der Waals surface area contributed by atoms with Crippen molar-refractivity contribution in [1.29, 1.82) is 0 Å². The van der Waals surface area contributed by atoms with Crippen molar-refractivity contribution in [3.63, 3.8) is 0 Å². The molecule has 0 bridgehead atoms. The predicted octanol–water partition coefficient (Wildman–Crippen LogP) is -0.571. The molecule has 1 aromatic heterocycles. The van der Waals surface area contributed by atoms with Gasteiger partial charge in [-0.15, -0.1) is 0 Å². The van der Waals surface area contributed by atoms with E-state index >= 15 is 0 Å². The second kappa shape index (κ2) is 6.33. The maximum absolute atomic E-state index is 5.60. The van der Waals surface area contributed by atoms with Gasteiger partial charge in [-0.2, -0.15) is 0 Å². The zero-order chi connectivity index (χ0) is 13.2. The number of ether oxygens (including phenoxy) is 2. The van der Waals surface area contributed by atoms with E-state index < -0.39 is 5.79 Å². The molecule has 1 aliphatic rings. The molecule has 2 heterocycles. The molecule has 1 saturated heterocycles. The first-order valence-corrected chi connectivity index (χ1v) is 6.67. The Balaban J connectivity index is 0.00000180. The topological polar surface area (TPSA) is 22.3 Å². The normalized spacial score (nSPS) is 18.1. The average molecular weight is 330 g/mol. The quantitative estimate of drug-likeness (QED) is 0.693. The lowest BCUT2D eigenvalue weighted by atomic mass is 9.88. The van der Waals surface area contributed by atoms with E-state index in [4.69, 9.17) is 9.47 Å². The molecule has 19 heavy (non-hydrogen) atoms. The van der Waals surface area contributed by atoms with Crippen LogP contribution >= 0.6 is 0 Å². The Morgan fingerprint density at radius 2 is 1.68 bits per heavy atom. The third-order valence-electron chi connectivity index (χ3n) is 3.48. The summed E-state index contributed by atoms with van der Waals surface area (Å²) in [5.41, 5.74) is 1.57. The van der Waals surface area contributed by atoms with Gasteiger partial charge in [-0.1, -0.05) is 20.8 Å². The Kier molecular flexibility index (Phi) is 5.53. The molecule has 0 radical (unpaired) electrons. The third kappa shape index (κ3) is 4.55. The number of aromatic nitrogens is 1. The summed E-state index contributed by atoms with van der Waals surface area (Å²) in [5, 5.41) is 0. The van der Waals surface area contributed by atoms with Crippen molar-refractivity contribution in [2.45, 2.75) is 51.9 Å². The van der Waals surface area contributed by atoms with Crippen molar-refractivity contribution in [3.8, 4) is 0 Å². The van der Waals surface area contributed by atoms with Crippen LogP contribution in [0.25, 0.3) is 0 Å². The number of halogens is 1. The summed E-state index contributed by atoms with van der Waals surface area (Å²) in [6, 6.07) is 4.39. The highest BCUT2D eigenvalue weighted by Gasteiger charge is 2.31. The summed E-state index contributed by atoms with van der Waals surface area (Å²) in [6.45, 7) is 11.1. The first-order chi connectivity index (χ1) is 8.39. The molecule has 3 nitrogen and oxygen atoms in total.